The van der Waals surface area contributed by atoms with Gasteiger partial charge in [-0.3, -0.25) is 0 Å². The second-order valence-electron chi connectivity index (χ2n) is 8.27. The molecule has 0 aromatic heterocycles. The summed E-state index contributed by atoms with van der Waals surface area (Å²) in [5.41, 5.74) is 0. The van der Waals surface area contributed by atoms with Crippen molar-refractivity contribution in [2.45, 2.75) is 13.8 Å². The van der Waals surface area contributed by atoms with Crippen LogP contribution >= 0.6 is 0 Å². The first-order valence-electron chi connectivity index (χ1n) is 10.9. The first kappa shape index (κ1) is 57.0. The fourth-order valence-corrected chi connectivity index (χ4v) is 2.72. The van der Waals surface area contributed by atoms with Crippen molar-refractivity contribution in [3.63, 3.8) is 0 Å². The molecule has 14 heteroatoms. The molecule has 0 aromatic rings. The van der Waals surface area contributed by atoms with Crippen LogP contribution in [0.2, 0.25) is 0 Å². The van der Waals surface area contributed by atoms with Crippen molar-refractivity contribution in [2.24, 2.45) is 0 Å². The maximum Gasteiger partial charge on any atom is 0.0587 e. The molecule has 0 bridgehead atoms. The molecule has 0 saturated carbocycles. The Hall–Kier alpha value is 0.986. The minimum Gasteiger partial charge on any atom is -1.00 e. The van der Waals surface area contributed by atoms with E-state index in [1.165, 1.54) is 92.4 Å². The van der Waals surface area contributed by atoms with Crippen LogP contribution in [0.25, 0.3) is 0 Å². The molecule has 2 aliphatic heterocycles. The van der Waals surface area contributed by atoms with Gasteiger partial charge in [-0.2, -0.15) is 10.5 Å². The number of rotatable bonds is 0. The van der Waals surface area contributed by atoms with Gasteiger partial charge < -0.3 is 79.0 Å². The van der Waals surface area contributed by atoms with Crippen LogP contribution in [0.4, 0.5) is 0 Å². The van der Waals surface area contributed by atoms with Crippen molar-refractivity contribution in [1.29, 1.82) is 10.5 Å². The summed E-state index contributed by atoms with van der Waals surface area (Å²) in [5.74, 6) is 0. The molecule has 0 N–H and O–H groups in total. The Balaban J connectivity index is -0.0000000523. The summed E-state index contributed by atoms with van der Waals surface area (Å²) in [7, 11) is 13.2. The van der Waals surface area contributed by atoms with E-state index in [1.807, 2.05) is 0 Å². The van der Waals surface area contributed by atoms with Gasteiger partial charge in [-0.15, -0.1) is 0 Å². The summed E-state index contributed by atoms with van der Waals surface area (Å²) < 4.78 is 0. The molecule has 0 aromatic carbocycles. The van der Waals surface area contributed by atoms with E-state index in [-0.39, 0.29) is 84.8 Å². The van der Waals surface area contributed by atoms with E-state index >= 15 is 0 Å². The number of nitriles is 2. The van der Waals surface area contributed by atoms with Gasteiger partial charge in [0.1, 0.15) is 0 Å². The van der Waals surface area contributed by atoms with Gasteiger partial charge >= 0.3 is 0 Å². The monoisotopic (exact) mass is 712 g/mol. The summed E-state index contributed by atoms with van der Waals surface area (Å²) in [6.45, 7) is 17.2. The van der Waals surface area contributed by atoms with Gasteiger partial charge in [0.15, 0.2) is 0 Å². The third-order valence-electron chi connectivity index (χ3n) is 5.18. The van der Waals surface area contributed by atoms with E-state index in [0.29, 0.717) is 0 Å². The summed E-state index contributed by atoms with van der Waals surface area (Å²) in [5, 5.41) is 14.6. The second kappa shape index (κ2) is 40.5. The van der Waals surface area contributed by atoms with E-state index in [9.17, 15) is 0 Å². The predicted molar refractivity (Wildman–Crippen MR) is 139 cm³/mol. The van der Waals surface area contributed by atoms with E-state index in [0.717, 1.165) is 0 Å². The Morgan fingerprint density at radius 2 is 0.417 bits per heavy atom. The molecule has 2 aliphatic rings. The van der Waals surface area contributed by atoms with Gasteiger partial charge in [0.05, 0.1) is 12.1 Å². The first-order chi connectivity index (χ1) is 14.2. The van der Waals surface area contributed by atoms with Crippen LogP contribution in [0, 0.1) is 22.7 Å². The van der Waals surface area contributed by atoms with Gasteiger partial charge in [0.2, 0.25) is 0 Å². The summed E-state index contributed by atoms with van der Waals surface area (Å²) in [4.78, 5) is 14.4. The van der Waals surface area contributed by atoms with Crippen molar-refractivity contribution in [2.75, 3.05) is 121 Å². The normalized spacial score (nSPS) is 17.9. The number of nitrogens with zero attached hydrogens (tertiary/aromatic N) is 8. The number of hydrogen-bond acceptors (Lipinski definition) is 8. The van der Waals surface area contributed by atoms with Crippen LogP contribution in [0.5, 0.6) is 0 Å². The largest absolute Gasteiger partial charge is 1.00 e. The molecule has 0 aliphatic carbocycles. The Morgan fingerprint density at radius 1 is 0.361 bits per heavy atom. The summed E-state index contributed by atoms with van der Waals surface area (Å²) >= 11 is 0. The molecular weight excluding hydrogens is 663 g/mol. The van der Waals surface area contributed by atoms with Crippen LogP contribution in [0.1, 0.15) is 13.8 Å². The zero-order valence-corrected chi connectivity index (χ0v) is 30.8. The molecule has 216 valence electrons. The van der Waals surface area contributed by atoms with E-state index in [4.69, 9.17) is 10.5 Å². The molecule has 0 atom stereocenters. The molecule has 8 nitrogen and oxygen atoms in total. The van der Waals surface area contributed by atoms with Crippen molar-refractivity contribution in [3.8, 4) is 12.1 Å². The van der Waals surface area contributed by atoms with Crippen molar-refractivity contribution in [3.05, 3.63) is 0 Å². The molecule has 0 amide bonds. The Labute approximate surface area is 270 Å². The van der Waals surface area contributed by atoms with Crippen molar-refractivity contribution in [1.82, 2.24) is 29.4 Å². The molecule has 2 rings (SSSR count). The zero-order chi connectivity index (χ0) is 23.4. The predicted octanol–water partition coefficient (Wildman–Crippen LogP) is -12.1. The molecule has 2 saturated heterocycles. The topological polar surface area (TPSA) is 67.0 Å². The quantitative estimate of drug-likeness (QED) is 0.230. The van der Waals surface area contributed by atoms with Crippen LogP contribution in [0.15, 0.2) is 0 Å². The molecular formula is C22H48Cl4Ge2N8-4. The molecule has 0 unspecified atom stereocenters. The minimum atomic E-state index is 0. The fraction of sp³-hybridized carbons (Fsp3) is 0.909. The number of likely N-dealkylation sites (N-methyl/N-ethyl adjacent to an activating group) is 6. The number of halogens is 4. The van der Waals surface area contributed by atoms with Gasteiger partial charge in [-0.05, 0) is 42.3 Å². The van der Waals surface area contributed by atoms with Crippen LogP contribution in [-0.2, 0) is 0 Å². The Bertz CT molecular complexity index is 374. The summed E-state index contributed by atoms with van der Waals surface area (Å²) in [6.07, 6.45) is 0. The molecule has 8 radical (unpaired) electrons. The van der Waals surface area contributed by atoms with Gasteiger partial charge in [-0.1, -0.05) is 0 Å². The van der Waals surface area contributed by atoms with Gasteiger partial charge in [0, 0.05) is 128 Å². The third-order valence-corrected chi connectivity index (χ3v) is 5.18. The summed E-state index contributed by atoms with van der Waals surface area (Å²) in [6, 6.07) is 3.50. The zero-order valence-electron chi connectivity index (χ0n) is 23.6. The standard InChI is InChI=1S/2C9H21N3.2C2H3N.4ClH.2Ge/c2*1-10-4-6-11(2)8-9-12(3)7-5-10;2*1-2-3;;;;;;/h2*4-9H2,1-3H3;2*1H3;4*1H;;/p-4. The van der Waals surface area contributed by atoms with E-state index < -0.39 is 0 Å². The van der Waals surface area contributed by atoms with Gasteiger partial charge in [0.25, 0.3) is 0 Å². The molecule has 2 heterocycles. The fourth-order valence-electron chi connectivity index (χ4n) is 2.72. The third kappa shape index (κ3) is 42.1. The minimum absolute atomic E-state index is 0. The average molecular weight is 712 g/mol. The molecule has 2 fully saturated rings. The second-order valence-corrected chi connectivity index (χ2v) is 8.27. The molecule has 0 spiro atoms. The average Bonchev–Trinajstić information content (AvgIpc) is 2.82. The number of hydrogen-bond donors (Lipinski definition) is 0. The maximum atomic E-state index is 7.32. The van der Waals surface area contributed by atoms with Gasteiger partial charge in [-0.25, -0.2) is 0 Å². The Kier molecular flexibility index (Phi) is 64.1. The van der Waals surface area contributed by atoms with Crippen molar-refractivity contribution < 1.29 is 49.6 Å². The van der Waals surface area contributed by atoms with Crippen LogP contribution in [0.3, 0.4) is 0 Å². The Morgan fingerprint density at radius 3 is 0.472 bits per heavy atom. The smallest absolute Gasteiger partial charge is 0.0587 e. The van der Waals surface area contributed by atoms with Crippen LogP contribution in [-0.4, -0.2) is 185 Å². The SMILES string of the molecule is CC#N.CC#N.CN1CCN(C)CCN(C)CC1.CN1CCN(C)CCN(C)CC1.[Cl-].[Cl-].[Cl-].[Cl-].[Ge].[Ge]. The van der Waals surface area contributed by atoms with E-state index in [1.54, 1.807) is 12.1 Å². The maximum absolute atomic E-state index is 7.32. The van der Waals surface area contributed by atoms with Crippen molar-refractivity contribution >= 4 is 35.2 Å². The first-order valence-corrected chi connectivity index (χ1v) is 10.9. The van der Waals surface area contributed by atoms with Crippen LogP contribution < -0.4 is 49.6 Å². The molecule has 36 heavy (non-hydrogen) atoms. The van der Waals surface area contributed by atoms with E-state index in [2.05, 4.69) is 71.7 Å².